The number of benzene rings is 1. The second-order valence-corrected chi connectivity index (χ2v) is 4.23. The molecule has 1 fully saturated rings. The lowest BCUT2D eigenvalue weighted by molar-refractivity contribution is 0.616. The van der Waals surface area contributed by atoms with Crippen LogP contribution in [0.15, 0.2) is 18.2 Å². The Bertz CT molecular complexity index is 356. The predicted molar refractivity (Wildman–Crippen MR) is 61.1 cm³/mol. The molecule has 1 saturated heterocycles. The van der Waals surface area contributed by atoms with Gasteiger partial charge in [-0.1, -0.05) is 11.6 Å². The molecule has 1 aromatic rings. The van der Waals surface area contributed by atoms with Crippen molar-refractivity contribution in [2.24, 2.45) is 0 Å². The first-order valence-corrected chi connectivity index (χ1v) is 5.46. The molecule has 1 aliphatic rings. The maximum absolute atomic E-state index is 13.0. The minimum absolute atomic E-state index is 0.195. The first-order chi connectivity index (χ1) is 7.20. The highest BCUT2D eigenvalue weighted by Crippen LogP contribution is 2.25. The number of halogens is 2. The Labute approximate surface area is 94.0 Å². The number of hydrogen-bond donors (Lipinski definition) is 1. The van der Waals surface area contributed by atoms with Crippen LogP contribution in [0, 0.1) is 5.82 Å². The van der Waals surface area contributed by atoms with Gasteiger partial charge in [0.25, 0.3) is 0 Å². The molecule has 1 atom stereocenters. The minimum atomic E-state index is -0.357. The Balaban J connectivity index is 2.13. The van der Waals surface area contributed by atoms with E-state index in [-0.39, 0.29) is 10.8 Å². The number of rotatable bonds is 2. The quantitative estimate of drug-likeness (QED) is 0.836. The number of likely N-dealkylation sites (N-methyl/N-ethyl adjacent to an activating group) is 1. The fraction of sp³-hybridized carbons (Fsp3) is 0.455. The lowest BCUT2D eigenvalue weighted by atomic mass is 10.3. The highest BCUT2D eigenvalue weighted by molar-refractivity contribution is 6.31. The zero-order valence-corrected chi connectivity index (χ0v) is 9.39. The van der Waals surface area contributed by atoms with Crippen LogP contribution in [0.1, 0.15) is 6.42 Å². The van der Waals surface area contributed by atoms with Gasteiger partial charge in [0, 0.05) is 24.8 Å². The average Bonchev–Trinajstić information content (AvgIpc) is 2.70. The van der Waals surface area contributed by atoms with E-state index in [4.69, 9.17) is 11.6 Å². The van der Waals surface area contributed by atoms with E-state index in [0.717, 1.165) is 25.2 Å². The van der Waals surface area contributed by atoms with Crippen LogP contribution in [0.3, 0.4) is 0 Å². The molecular formula is C11H14ClFN2. The predicted octanol–water partition coefficient (Wildman–Crippen LogP) is 2.28. The molecule has 0 radical (unpaired) electrons. The summed E-state index contributed by atoms with van der Waals surface area (Å²) in [5.41, 5.74) is 0.999. The third-order valence-corrected chi connectivity index (χ3v) is 3.15. The van der Waals surface area contributed by atoms with Crippen molar-refractivity contribution in [1.82, 2.24) is 5.32 Å². The highest BCUT2D eigenvalue weighted by Gasteiger charge is 2.21. The normalized spacial score (nSPS) is 21.0. The van der Waals surface area contributed by atoms with E-state index < -0.39 is 0 Å². The van der Waals surface area contributed by atoms with Gasteiger partial charge in [-0.2, -0.15) is 0 Å². The Morgan fingerprint density at radius 1 is 1.53 bits per heavy atom. The van der Waals surface area contributed by atoms with Crippen molar-refractivity contribution >= 4 is 17.3 Å². The molecule has 0 bridgehead atoms. The second kappa shape index (κ2) is 4.37. The summed E-state index contributed by atoms with van der Waals surface area (Å²) in [5.74, 6) is -0.357. The monoisotopic (exact) mass is 228 g/mol. The van der Waals surface area contributed by atoms with Gasteiger partial charge in [-0.3, -0.25) is 0 Å². The zero-order valence-electron chi connectivity index (χ0n) is 8.63. The van der Waals surface area contributed by atoms with Gasteiger partial charge in [0.2, 0.25) is 0 Å². The molecule has 4 heteroatoms. The van der Waals surface area contributed by atoms with Crippen molar-refractivity contribution in [3.63, 3.8) is 0 Å². The molecule has 82 valence electrons. The number of nitrogens with one attached hydrogen (secondary N) is 1. The molecule has 2 nitrogen and oxygen atoms in total. The van der Waals surface area contributed by atoms with Crippen LogP contribution in [0.4, 0.5) is 10.1 Å². The van der Waals surface area contributed by atoms with Crippen molar-refractivity contribution in [2.75, 3.05) is 25.0 Å². The molecule has 1 aromatic carbocycles. The van der Waals surface area contributed by atoms with Gasteiger partial charge in [0.1, 0.15) is 5.82 Å². The van der Waals surface area contributed by atoms with Crippen molar-refractivity contribution < 1.29 is 4.39 Å². The number of hydrogen-bond acceptors (Lipinski definition) is 2. The summed E-state index contributed by atoms with van der Waals surface area (Å²) in [7, 11) is 1.96. The van der Waals surface area contributed by atoms with Gasteiger partial charge in [-0.15, -0.1) is 0 Å². The maximum atomic E-state index is 13.0. The summed E-state index contributed by atoms with van der Waals surface area (Å²) in [5, 5.41) is 3.44. The summed E-state index contributed by atoms with van der Waals surface area (Å²) in [6, 6.07) is 5.41. The molecule has 0 saturated carbocycles. The Hall–Kier alpha value is -0.800. The maximum Gasteiger partial charge on any atom is 0.141 e. The largest absolute Gasteiger partial charge is 0.370 e. The van der Waals surface area contributed by atoms with Crippen molar-refractivity contribution in [3.05, 3.63) is 29.0 Å². The standard InChI is InChI=1S/C11H14ClFN2/c1-14-8-4-5-15(7-8)9-2-3-11(13)10(12)6-9/h2-3,6,8,14H,4-5,7H2,1H3. The third kappa shape index (κ3) is 2.24. The molecule has 1 heterocycles. The Morgan fingerprint density at radius 2 is 2.33 bits per heavy atom. The molecule has 1 unspecified atom stereocenters. The molecule has 0 aromatic heterocycles. The van der Waals surface area contributed by atoms with Gasteiger partial charge in [-0.05, 0) is 31.7 Å². The molecule has 0 spiro atoms. The Morgan fingerprint density at radius 3 is 2.93 bits per heavy atom. The van der Waals surface area contributed by atoms with E-state index in [0.29, 0.717) is 6.04 Å². The van der Waals surface area contributed by atoms with Crippen LogP contribution in [0.2, 0.25) is 5.02 Å². The van der Waals surface area contributed by atoms with Crippen LogP contribution in [0.5, 0.6) is 0 Å². The van der Waals surface area contributed by atoms with E-state index >= 15 is 0 Å². The third-order valence-electron chi connectivity index (χ3n) is 2.86. The number of anilines is 1. The van der Waals surface area contributed by atoms with Crippen LogP contribution in [-0.4, -0.2) is 26.2 Å². The van der Waals surface area contributed by atoms with Gasteiger partial charge < -0.3 is 10.2 Å². The van der Waals surface area contributed by atoms with E-state index in [2.05, 4.69) is 10.2 Å². The van der Waals surface area contributed by atoms with E-state index in [1.165, 1.54) is 6.07 Å². The summed E-state index contributed by atoms with van der Waals surface area (Å²) in [6.45, 7) is 1.95. The van der Waals surface area contributed by atoms with Crippen molar-refractivity contribution in [3.8, 4) is 0 Å². The van der Waals surface area contributed by atoms with Gasteiger partial charge in [-0.25, -0.2) is 4.39 Å². The molecular weight excluding hydrogens is 215 g/mol. The average molecular weight is 229 g/mol. The van der Waals surface area contributed by atoms with Crippen molar-refractivity contribution in [2.45, 2.75) is 12.5 Å². The van der Waals surface area contributed by atoms with Gasteiger partial charge in [0.05, 0.1) is 5.02 Å². The van der Waals surface area contributed by atoms with Crippen LogP contribution >= 0.6 is 11.6 Å². The summed E-state index contributed by atoms with van der Waals surface area (Å²) in [6.07, 6.45) is 1.12. The molecule has 1 aliphatic heterocycles. The van der Waals surface area contributed by atoms with Crippen molar-refractivity contribution in [1.29, 1.82) is 0 Å². The first kappa shape index (κ1) is 10.7. The lowest BCUT2D eigenvalue weighted by Gasteiger charge is -2.18. The fourth-order valence-corrected chi connectivity index (χ4v) is 2.09. The molecule has 2 rings (SSSR count). The SMILES string of the molecule is CNC1CCN(c2ccc(F)c(Cl)c2)C1. The molecule has 0 aliphatic carbocycles. The molecule has 15 heavy (non-hydrogen) atoms. The second-order valence-electron chi connectivity index (χ2n) is 3.82. The van der Waals surface area contributed by atoms with Gasteiger partial charge in [0.15, 0.2) is 0 Å². The summed E-state index contributed by atoms with van der Waals surface area (Å²) in [4.78, 5) is 2.21. The fourth-order valence-electron chi connectivity index (χ4n) is 1.91. The van der Waals surface area contributed by atoms with E-state index in [9.17, 15) is 4.39 Å². The van der Waals surface area contributed by atoms with Crippen LogP contribution < -0.4 is 10.2 Å². The summed E-state index contributed by atoms with van der Waals surface area (Å²) >= 11 is 5.75. The van der Waals surface area contributed by atoms with E-state index in [1.807, 2.05) is 7.05 Å². The topological polar surface area (TPSA) is 15.3 Å². The Kier molecular flexibility index (Phi) is 3.12. The van der Waals surface area contributed by atoms with Crippen LogP contribution in [-0.2, 0) is 0 Å². The van der Waals surface area contributed by atoms with Gasteiger partial charge >= 0.3 is 0 Å². The van der Waals surface area contributed by atoms with E-state index in [1.54, 1.807) is 12.1 Å². The first-order valence-electron chi connectivity index (χ1n) is 5.08. The smallest absolute Gasteiger partial charge is 0.141 e. The highest BCUT2D eigenvalue weighted by atomic mass is 35.5. The van der Waals surface area contributed by atoms with Crippen LogP contribution in [0.25, 0.3) is 0 Å². The molecule has 0 amide bonds. The lowest BCUT2D eigenvalue weighted by Crippen LogP contribution is -2.29. The minimum Gasteiger partial charge on any atom is -0.370 e. The number of nitrogens with zero attached hydrogens (tertiary/aromatic N) is 1. The summed E-state index contributed by atoms with van der Waals surface area (Å²) < 4.78 is 13.0. The molecule has 1 N–H and O–H groups in total. The zero-order chi connectivity index (χ0) is 10.8.